The van der Waals surface area contributed by atoms with Gasteiger partial charge in [0.05, 0.1) is 14.2 Å². The van der Waals surface area contributed by atoms with E-state index in [0.717, 1.165) is 5.56 Å². The van der Waals surface area contributed by atoms with Crippen molar-refractivity contribution in [3.63, 3.8) is 0 Å². The maximum Gasteiger partial charge on any atom is 0.188 e. The molecule has 0 aliphatic carbocycles. The van der Waals surface area contributed by atoms with E-state index >= 15 is 0 Å². The highest BCUT2D eigenvalue weighted by Crippen LogP contribution is 2.30. The minimum absolute atomic E-state index is 0.0927. The molecule has 0 radical (unpaired) electrons. The average Bonchev–Trinajstić information content (AvgIpc) is 2.74. The lowest BCUT2D eigenvalue weighted by atomic mass is 10.1. The van der Waals surface area contributed by atoms with Crippen LogP contribution in [0, 0.1) is 0 Å². The first kappa shape index (κ1) is 21.3. The number of carbonyl (C=O) groups excluding carboxylic acids is 1. The van der Waals surface area contributed by atoms with Crippen LogP contribution >= 0.6 is 0 Å². The van der Waals surface area contributed by atoms with Crippen LogP contribution in [0.4, 0.5) is 0 Å². The second-order valence-corrected chi connectivity index (χ2v) is 5.58. The molecule has 2 aromatic carbocycles. The third-order valence-electron chi connectivity index (χ3n) is 3.73. The molecule has 28 heavy (non-hydrogen) atoms. The van der Waals surface area contributed by atoms with Crippen LogP contribution in [0.1, 0.15) is 15.9 Å². The number of benzene rings is 2. The van der Waals surface area contributed by atoms with E-state index in [2.05, 4.69) is 0 Å². The Morgan fingerprint density at radius 1 is 0.786 bits per heavy atom. The molecule has 0 aliphatic heterocycles. The molecule has 2 rings (SSSR count). The Labute approximate surface area is 164 Å². The van der Waals surface area contributed by atoms with Gasteiger partial charge in [0.1, 0.15) is 0 Å². The van der Waals surface area contributed by atoms with Crippen molar-refractivity contribution >= 4 is 11.9 Å². The summed E-state index contributed by atoms with van der Waals surface area (Å²) in [5, 5.41) is 0. The topological polar surface area (TPSA) is 72.5 Å². The quantitative estimate of drug-likeness (QED) is 0.331. The van der Waals surface area contributed by atoms with Crippen LogP contribution in [-0.2, 0) is 9.47 Å². The Bertz CT molecular complexity index is 814. The Balaban J connectivity index is 2.14. The van der Waals surface area contributed by atoms with E-state index in [1.165, 1.54) is 20.3 Å². The normalized spacial score (nSPS) is 10.7. The van der Waals surface area contributed by atoms with Gasteiger partial charge in [0.2, 0.25) is 0 Å². The molecule has 7 heteroatoms. The lowest BCUT2D eigenvalue weighted by Gasteiger charge is -2.11. The molecule has 0 fully saturated rings. The van der Waals surface area contributed by atoms with Crippen LogP contribution < -0.4 is 18.9 Å². The van der Waals surface area contributed by atoms with Gasteiger partial charge in [-0.1, -0.05) is 12.1 Å². The molecule has 0 aliphatic rings. The minimum Gasteiger partial charge on any atom is -0.493 e. The van der Waals surface area contributed by atoms with Gasteiger partial charge in [-0.3, -0.25) is 4.79 Å². The van der Waals surface area contributed by atoms with Crippen LogP contribution in [0.2, 0.25) is 0 Å². The number of ketones is 1. The number of rotatable bonds is 11. The fourth-order valence-electron chi connectivity index (χ4n) is 2.36. The van der Waals surface area contributed by atoms with Gasteiger partial charge in [0.15, 0.2) is 42.4 Å². The zero-order valence-electron chi connectivity index (χ0n) is 16.4. The fourth-order valence-corrected chi connectivity index (χ4v) is 2.36. The largest absolute Gasteiger partial charge is 0.493 e. The van der Waals surface area contributed by atoms with Crippen molar-refractivity contribution in [2.24, 2.45) is 0 Å². The van der Waals surface area contributed by atoms with E-state index in [1.807, 2.05) is 6.07 Å². The average molecular weight is 388 g/mol. The molecule has 0 heterocycles. The Morgan fingerprint density at radius 2 is 1.36 bits per heavy atom. The van der Waals surface area contributed by atoms with Gasteiger partial charge in [-0.25, -0.2) is 0 Å². The van der Waals surface area contributed by atoms with Gasteiger partial charge < -0.3 is 28.4 Å². The number of hydrogen-bond acceptors (Lipinski definition) is 7. The highest BCUT2D eigenvalue weighted by molar-refractivity contribution is 6.07. The van der Waals surface area contributed by atoms with E-state index in [0.29, 0.717) is 28.6 Å². The third-order valence-corrected chi connectivity index (χ3v) is 3.73. The molecular weight excluding hydrogens is 364 g/mol. The highest BCUT2D eigenvalue weighted by atomic mass is 16.7. The molecular formula is C21H24O7. The maximum absolute atomic E-state index is 12.5. The predicted molar refractivity (Wildman–Crippen MR) is 104 cm³/mol. The SMILES string of the molecule is COCOc1ccc(/C=C/C(=O)c2ccc(OCOC)c(OC)c2)cc1OC. The van der Waals surface area contributed by atoms with Crippen molar-refractivity contribution in [3.05, 3.63) is 53.6 Å². The van der Waals surface area contributed by atoms with Gasteiger partial charge in [-0.2, -0.15) is 0 Å². The van der Waals surface area contributed by atoms with Gasteiger partial charge in [0.25, 0.3) is 0 Å². The molecule has 0 unspecified atom stereocenters. The summed E-state index contributed by atoms with van der Waals surface area (Å²) in [5.41, 5.74) is 1.27. The standard InChI is InChI=1S/C21H24O7/c1-23-13-27-18-9-6-15(11-20(18)25-3)5-8-17(22)16-7-10-19(28-14-24-2)21(12-16)26-4/h5-12H,13-14H2,1-4H3/b8-5+. The number of methoxy groups -OCH3 is 4. The molecule has 0 atom stereocenters. The van der Waals surface area contributed by atoms with E-state index < -0.39 is 0 Å². The summed E-state index contributed by atoms with van der Waals surface area (Å²) in [6.45, 7) is 0.214. The van der Waals surface area contributed by atoms with Crippen molar-refractivity contribution in [2.75, 3.05) is 42.0 Å². The predicted octanol–water partition coefficient (Wildman–Crippen LogP) is 3.57. The second-order valence-electron chi connectivity index (χ2n) is 5.58. The first-order chi connectivity index (χ1) is 13.6. The van der Waals surface area contributed by atoms with Crippen molar-refractivity contribution < 1.29 is 33.2 Å². The number of ether oxygens (including phenoxy) is 6. The van der Waals surface area contributed by atoms with E-state index in [-0.39, 0.29) is 19.4 Å². The molecule has 0 bridgehead atoms. The number of allylic oxidation sites excluding steroid dienone is 1. The summed E-state index contributed by atoms with van der Waals surface area (Å²) in [7, 11) is 6.13. The Morgan fingerprint density at radius 3 is 1.93 bits per heavy atom. The Hall–Kier alpha value is -3.03. The molecule has 7 nitrogen and oxygen atoms in total. The van der Waals surface area contributed by atoms with Crippen LogP contribution in [0.15, 0.2) is 42.5 Å². The fraction of sp³-hybridized carbons (Fsp3) is 0.286. The highest BCUT2D eigenvalue weighted by Gasteiger charge is 2.10. The van der Waals surface area contributed by atoms with Crippen molar-refractivity contribution in [1.29, 1.82) is 0 Å². The van der Waals surface area contributed by atoms with Gasteiger partial charge in [0, 0.05) is 19.8 Å². The summed E-state index contributed by atoms with van der Waals surface area (Å²) in [4.78, 5) is 12.5. The summed E-state index contributed by atoms with van der Waals surface area (Å²) in [5.74, 6) is 1.89. The summed E-state index contributed by atoms with van der Waals surface area (Å²) < 4.78 is 31.2. The van der Waals surface area contributed by atoms with Crippen LogP contribution in [0.5, 0.6) is 23.0 Å². The van der Waals surface area contributed by atoms with E-state index in [1.54, 1.807) is 50.6 Å². The first-order valence-electron chi connectivity index (χ1n) is 8.45. The minimum atomic E-state index is -0.171. The lowest BCUT2D eigenvalue weighted by Crippen LogP contribution is -2.02. The third kappa shape index (κ3) is 5.73. The van der Waals surface area contributed by atoms with Gasteiger partial charge in [-0.05, 0) is 42.0 Å². The molecule has 0 spiro atoms. The molecule has 0 saturated heterocycles. The summed E-state index contributed by atoms with van der Waals surface area (Å²) >= 11 is 0. The molecule has 2 aromatic rings. The first-order valence-corrected chi connectivity index (χ1v) is 8.45. The lowest BCUT2D eigenvalue weighted by molar-refractivity contribution is 0.0490. The number of carbonyl (C=O) groups is 1. The van der Waals surface area contributed by atoms with Crippen LogP contribution in [0.25, 0.3) is 6.08 Å². The molecule has 0 N–H and O–H groups in total. The zero-order valence-corrected chi connectivity index (χ0v) is 16.4. The second kappa shape index (κ2) is 11.0. The molecule has 0 aromatic heterocycles. The monoisotopic (exact) mass is 388 g/mol. The Kier molecular flexibility index (Phi) is 8.33. The molecule has 0 saturated carbocycles. The van der Waals surface area contributed by atoms with E-state index in [4.69, 9.17) is 28.4 Å². The van der Waals surface area contributed by atoms with Crippen molar-refractivity contribution in [3.8, 4) is 23.0 Å². The van der Waals surface area contributed by atoms with Gasteiger partial charge in [-0.15, -0.1) is 0 Å². The summed E-state index contributed by atoms with van der Waals surface area (Å²) in [6, 6.07) is 10.3. The number of hydrogen-bond donors (Lipinski definition) is 0. The zero-order chi connectivity index (χ0) is 20.4. The van der Waals surface area contributed by atoms with Crippen LogP contribution in [0.3, 0.4) is 0 Å². The van der Waals surface area contributed by atoms with Gasteiger partial charge >= 0.3 is 0 Å². The maximum atomic E-state index is 12.5. The van der Waals surface area contributed by atoms with Crippen molar-refractivity contribution in [2.45, 2.75) is 0 Å². The van der Waals surface area contributed by atoms with Crippen LogP contribution in [-0.4, -0.2) is 47.8 Å². The smallest absolute Gasteiger partial charge is 0.188 e. The van der Waals surface area contributed by atoms with E-state index in [9.17, 15) is 4.79 Å². The molecule has 150 valence electrons. The van der Waals surface area contributed by atoms with Crippen molar-refractivity contribution in [1.82, 2.24) is 0 Å². The summed E-state index contributed by atoms with van der Waals surface area (Å²) in [6.07, 6.45) is 3.18. The molecule has 0 amide bonds.